The summed E-state index contributed by atoms with van der Waals surface area (Å²) >= 11 is 2.37. The third kappa shape index (κ3) is 3.67. The summed E-state index contributed by atoms with van der Waals surface area (Å²) in [6.07, 6.45) is 3.39. The van der Waals surface area contributed by atoms with Gasteiger partial charge < -0.3 is 20.1 Å². The number of methoxy groups -OCH3 is 1. The minimum Gasteiger partial charge on any atom is -0.497 e. The molecule has 1 amide bonds. The van der Waals surface area contributed by atoms with E-state index in [0.29, 0.717) is 28.8 Å². The molecule has 0 bridgehead atoms. The molecule has 1 aromatic carbocycles. The van der Waals surface area contributed by atoms with Gasteiger partial charge in [0, 0.05) is 34.5 Å². The van der Waals surface area contributed by atoms with Gasteiger partial charge in [0.1, 0.15) is 11.9 Å². The second kappa shape index (κ2) is 6.95. The van der Waals surface area contributed by atoms with E-state index in [4.69, 9.17) is 9.47 Å². The van der Waals surface area contributed by atoms with Crippen LogP contribution in [0.1, 0.15) is 12.8 Å². The van der Waals surface area contributed by atoms with Gasteiger partial charge in [-0.05, 0) is 36.1 Å². The van der Waals surface area contributed by atoms with Crippen molar-refractivity contribution in [1.82, 2.24) is 15.6 Å². The summed E-state index contributed by atoms with van der Waals surface area (Å²) < 4.78 is 11.9. The predicted octanol–water partition coefficient (Wildman–Crippen LogP) is 2.04. The summed E-state index contributed by atoms with van der Waals surface area (Å²) in [7, 11) is 1.65. The van der Waals surface area contributed by atoms with Gasteiger partial charge in [0.25, 0.3) is 0 Å². The molecular formula is C18H20IN3O3. The third-order valence-electron chi connectivity index (χ3n) is 4.66. The molecule has 1 aliphatic heterocycles. The Morgan fingerprint density at radius 3 is 2.96 bits per heavy atom. The van der Waals surface area contributed by atoms with E-state index in [2.05, 4.69) is 38.2 Å². The number of nitrogens with one attached hydrogen (secondary N) is 2. The number of halogens is 1. The van der Waals surface area contributed by atoms with Crippen molar-refractivity contribution in [3.05, 3.63) is 30.5 Å². The number of hydrogen-bond donors (Lipinski definition) is 2. The fraction of sp³-hybridized carbons (Fsp3) is 0.444. The molecule has 0 unspecified atom stereocenters. The average Bonchev–Trinajstić information content (AvgIpc) is 3.11. The Morgan fingerprint density at radius 1 is 1.36 bits per heavy atom. The number of pyridine rings is 1. The molecule has 2 aliphatic rings. The lowest BCUT2D eigenvalue weighted by atomic mass is 10.1. The van der Waals surface area contributed by atoms with Crippen molar-refractivity contribution in [3.8, 4) is 11.6 Å². The van der Waals surface area contributed by atoms with Gasteiger partial charge in [-0.1, -0.05) is 22.6 Å². The predicted molar refractivity (Wildman–Crippen MR) is 103 cm³/mol. The lowest BCUT2D eigenvalue weighted by molar-refractivity contribution is -0.123. The molecule has 2 aromatic rings. The van der Waals surface area contributed by atoms with Crippen molar-refractivity contribution >= 4 is 39.3 Å². The summed E-state index contributed by atoms with van der Waals surface area (Å²) in [6.45, 7) is 0.643. The number of aromatic nitrogens is 1. The zero-order chi connectivity index (χ0) is 17.4. The first kappa shape index (κ1) is 16.8. The van der Waals surface area contributed by atoms with E-state index < -0.39 is 0 Å². The first-order valence-electron chi connectivity index (χ1n) is 8.41. The Kier molecular flexibility index (Phi) is 4.68. The van der Waals surface area contributed by atoms with Gasteiger partial charge in [0.05, 0.1) is 13.2 Å². The maximum Gasteiger partial charge on any atom is 0.237 e. The summed E-state index contributed by atoms with van der Waals surface area (Å²) in [4.78, 5) is 16.6. The van der Waals surface area contributed by atoms with Crippen molar-refractivity contribution in [2.45, 2.75) is 35.0 Å². The molecule has 2 fully saturated rings. The summed E-state index contributed by atoms with van der Waals surface area (Å²) in [6, 6.07) is 7.90. The van der Waals surface area contributed by atoms with Crippen LogP contribution in [0.3, 0.4) is 0 Å². The highest BCUT2D eigenvalue weighted by molar-refractivity contribution is 14.1. The van der Waals surface area contributed by atoms with Gasteiger partial charge in [0.2, 0.25) is 11.8 Å². The molecule has 6 nitrogen and oxygen atoms in total. The van der Waals surface area contributed by atoms with Crippen molar-refractivity contribution in [1.29, 1.82) is 0 Å². The van der Waals surface area contributed by atoms with Gasteiger partial charge in [-0.25, -0.2) is 4.98 Å². The molecule has 0 radical (unpaired) electrons. The molecule has 7 heteroatoms. The monoisotopic (exact) mass is 453 g/mol. The molecular weight excluding hydrogens is 433 g/mol. The van der Waals surface area contributed by atoms with Crippen molar-refractivity contribution in [2.24, 2.45) is 0 Å². The molecule has 25 heavy (non-hydrogen) atoms. The van der Waals surface area contributed by atoms with E-state index in [-0.39, 0.29) is 18.1 Å². The van der Waals surface area contributed by atoms with Crippen molar-refractivity contribution in [2.75, 3.05) is 13.7 Å². The smallest absolute Gasteiger partial charge is 0.237 e. The second-order valence-electron chi connectivity index (χ2n) is 6.51. The fourth-order valence-corrected chi connectivity index (χ4v) is 3.82. The SMILES string of the molecule is COc1ccc2c(O[C@H]3CN[C@H](C(=O)N[C@@H]4C[C@H]4I)C3)nccc2c1. The highest BCUT2D eigenvalue weighted by Crippen LogP contribution is 2.31. The number of amides is 1. The van der Waals surface area contributed by atoms with Crippen molar-refractivity contribution in [3.63, 3.8) is 0 Å². The van der Waals surface area contributed by atoms with Crippen LogP contribution in [0.2, 0.25) is 0 Å². The molecule has 0 spiro atoms. The molecule has 4 atom stereocenters. The highest BCUT2D eigenvalue weighted by Gasteiger charge is 2.39. The van der Waals surface area contributed by atoms with E-state index in [1.165, 1.54) is 0 Å². The molecule has 2 N–H and O–H groups in total. The van der Waals surface area contributed by atoms with Gasteiger partial charge in [-0.3, -0.25) is 4.79 Å². The molecule has 2 heterocycles. The Hall–Kier alpha value is -1.61. The quantitative estimate of drug-likeness (QED) is 0.536. The van der Waals surface area contributed by atoms with Crippen LogP contribution in [0, 0.1) is 0 Å². The Balaban J connectivity index is 1.42. The summed E-state index contributed by atoms with van der Waals surface area (Å²) in [5, 5.41) is 8.30. The number of rotatable bonds is 5. The molecule has 4 rings (SSSR count). The molecule has 1 saturated carbocycles. The zero-order valence-corrected chi connectivity index (χ0v) is 16.0. The number of alkyl halides is 1. The molecule has 132 valence electrons. The first-order chi connectivity index (χ1) is 12.1. The zero-order valence-electron chi connectivity index (χ0n) is 13.9. The summed E-state index contributed by atoms with van der Waals surface area (Å²) in [5.74, 6) is 1.48. The van der Waals surface area contributed by atoms with Gasteiger partial charge in [-0.2, -0.15) is 0 Å². The third-order valence-corrected chi connectivity index (χ3v) is 6.04. The number of hydrogen-bond acceptors (Lipinski definition) is 5. The number of benzene rings is 1. The number of carbonyl (C=O) groups is 1. The molecule has 1 aliphatic carbocycles. The maximum atomic E-state index is 12.3. The van der Waals surface area contributed by atoms with Crippen LogP contribution in [-0.2, 0) is 4.79 Å². The van der Waals surface area contributed by atoms with Crippen LogP contribution >= 0.6 is 22.6 Å². The highest BCUT2D eigenvalue weighted by atomic mass is 127. The minimum atomic E-state index is -0.190. The van der Waals surface area contributed by atoms with Crippen LogP contribution in [0.25, 0.3) is 10.8 Å². The van der Waals surface area contributed by atoms with E-state index in [9.17, 15) is 4.79 Å². The topological polar surface area (TPSA) is 72.5 Å². The number of nitrogens with zero attached hydrogens (tertiary/aromatic N) is 1. The number of carbonyl (C=O) groups excluding carboxylic acids is 1. The lowest BCUT2D eigenvalue weighted by Gasteiger charge is -2.14. The van der Waals surface area contributed by atoms with Crippen LogP contribution in [0.4, 0.5) is 0 Å². The van der Waals surface area contributed by atoms with Crippen LogP contribution in [0.5, 0.6) is 11.6 Å². The normalized spacial score (nSPS) is 27.9. The lowest BCUT2D eigenvalue weighted by Crippen LogP contribution is -2.41. The van der Waals surface area contributed by atoms with Gasteiger partial charge >= 0.3 is 0 Å². The van der Waals surface area contributed by atoms with Crippen LogP contribution in [0.15, 0.2) is 30.5 Å². The number of ether oxygens (including phenoxy) is 2. The van der Waals surface area contributed by atoms with E-state index >= 15 is 0 Å². The fourth-order valence-electron chi connectivity index (χ4n) is 3.10. The van der Waals surface area contributed by atoms with E-state index in [1.807, 2.05) is 24.3 Å². The number of fused-ring (bicyclic) bond motifs is 1. The van der Waals surface area contributed by atoms with Crippen molar-refractivity contribution < 1.29 is 14.3 Å². The Morgan fingerprint density at radius 2 is 2.20 bits per heavy atom. The average molecular weight is 453 g/mol. The standard InChI is InChI=1S/C18H20IN3O3/c1-24-11-2-3-13-10(6-11)4-5-20-18(13)25-12-7-16(21-9-12)17(23)22-15-8-14(15)19/h2-6,12,14-16,21H,7-9H2,1H3,(H,22,23)/t12-,14-,15-,16+/m1/s1. The largest absolute Gasteiger partial charge is 0.497 e. The van der Waals surface area contributed by atoms with Gasteiger partial charge in [0.15, 0.2) is 0 Å². The summed E-state index contributed by atoms with van der Waals surface area (Å²) in [5.41, 5.74) is 0. The van der Waals surface area contributed by atoms with Crippen LogP contribution < -0.4 is 20.1 Å². The Bertz CT molecular complexity index is 800. The molecule has 1 saturated heterocycles. The second-order valence-corrected chi connectivity index (χ2v) is 8.11. The van der Waals surface area contributed by atoms with E-state index in [1.54, 1.807) is 13.3 Å². The molecule has 1 aromatic heterocycles. The van der Waals surface area contributed by atoms with Crippen LogP contribution in [-0.4, -0.2) is 46.7 Å². The maximum absolute atomic E-state index is 12.3. The Labute approximate surface area is 159 Å². The van der Waals surface area contributed by atoms with Gasteiger partial charge in [-0.15, -0.1) is 0 Å². The minimum absolute atomic E-state index is 0.0643. The first-order valence-corrected chi connectivity index (χ1v) is 9.66. The van der Waals surface area contributed by atoms with E-state index in [0.717, 1.165) is 22.9 Å².